The molecule has 4 rings (SSSR count). The number of nitrogens with two attached hydrogens (primary N) is 1. The van der Waals surface area contributed by atoms with Crippen LogP contribution in [0.5, 0.6) is 0 Å². The van der Waals surface area contributed by atoms with Crippen LogP contribution in [0.2, 0.25) is 0 Å². The molecular weight excluding hydrogens is 502 g/mol. The van der Waals surface area contributed by atoms with Gasteiger partial charge in [-0.15, -0.1) is 0 Å². The number of nitrogens with zero attached hydrogens (tertiary/aromatic N) is 2. The molecular formula is C28H38N5O4S+. The highest BCUT2D eigenvalue weighted by molar-refractivity contribution is 7.97. The molecule has 2 fully saturated rings. The topological polar surface area (TPSA) is 121 Å². The molecule has 2 aromatic rings. The van der Waals surface area contributed by atoms with Crippen molar-refractivity contribution in [2.45, 2.75) is 38.5 Å². The molecule has 1 aliphatic heterocycles. The maximum atomic E-state index is 13.2. The molecule has 2 aliphatic rings. The van der Waals surface area contributed by atoms with Crippen LogP contribution in [0.4, 0.5) is 17.2 Å². The van der Waals surface area contributed by atoms with Gasteiger partial charge >= 0.3 is 5.97 Å². The average molecular weight is 541 g/mol. The highest BCUT2D eigenvalue weighted by Crippen LogP contribution is 2.37. The first kappa shape index (κ1) is 28.1. The van der Waals surface area contributed by atoms with Crippen LogP contribution in [0.1, 0.15) is 54.6 Å². The number of amides is 1. The van der Waals surface area contributed by atoms with Gasteiger partial charge in [-0.05, 0) is 61.7 Å². The number of methoxy groups -OCH3 is 2. The minimum atomic E-state index is -0.320. The lowest BCUT2D eigenvalue weighted by atomic mass is 9.79. The van der Waals surface area contributed by atoms with Gasteiger partial charge in [-0.2, -0.15) is 4.98 Å². The SMILES string of the molecule is COCC1CCN(c2cc(C(=O)NSCCC(=O)OC)nc([NH2+]c3ccccc3)c2C(=N)C2CCC2)CC1. The molecule has 4 N–H and O–H groups in total. The second kappa shape index (κ2) is 13.7. The summed E-state index contributed by atoms with van der Waals surface area (Å²) < 4.78 is 12.9. The Labute approximate surface area is 228 Å². The minimum Gasteiger partial charge on any atom is -0.469 e. The van der Waals surface area contributed by atoms with Crippen LogP contribution in [-0.2, 0) is 14.3 Å². The summed E-state index contributed by atoms with van der Waals surface area (Å²) in [6, 6.07) is 11.8. The van der Waals surface area contributed by atoms with E-state index in [1.165, 1.54) is 7.11 Å². The quantitative estimate of drug-likeness (QED) is 0.124. The zero-order chi connectivity index (χ0) is 26.9. The molecule has 10 heteroatoms. The Balaban J connectivity index is 1.67. The maximum absolute atomic E-state index is 13.2. The van der Waals surface area contributed by atoms with E-state index in [-0.39, 0.29) is 24.2 Å². The van der Waals surface area contributed by atoms with E-state index in [0.717, 1.165) is 80.7 Å². The number of hydrogen-bond acceptors (Lipinski definition) is 8. The third-order valence-electron chi connectivity index (χ3n) is 7.30. The van der Waals surface area contributed by atoms with Crippen LogP contribution in [0.25, 0.3) is 0 Å². The zero-order valence-corrected chi connectivity index (χ0v) is 23.0. The van der Waals surface area contributed by atoms with Gasteiger partial charge in [0.15, 0.2) is 0 Å². The number of pyridine rings is 1. The fourth-order valence-corrected chi connectivity index (χ4v) is 5.49. The van der Waals surface area contributed by atoms with Gasteiger partial charge in [0, 0.05) is 38.5 Å². The van der Waals surface area contributed by atoms with Crippen LogP contribution in [0.3, 0.4) is 0 Å². The van der Waals surface area contributed by atoms with E-state index < -0.39 is 0 Å². The van der Waals surface area contributed by atoms with Gasteiger partial charge in [0.25, 0.3) is 5.91 Å². The molecule has 0 atom stereocenters. The number of rotatable bonds is 12. The summed E-state index contributed by atoms with van der Waals surface area (Å²) >= 11 is 1.16. The van der Waals surface area contributed by atoms with Gasteiger partial charge in [-0.3, -0.25) is 19.6 Å². The number of aromatic nitrogens is 1. The Morgan fingerprint density at radius 3 is 2.53 bits per heavy atom. The number of anilines is 1. The number of esters is 1. The minimum absolute atomic E-state index is 0.209. The number of carbonyl (C=O) groups is 2. The smallest absolute Gasteiger partial charge is 0.306 e. The molecule has 1 amide bonds. The van der Waals surface area contributed by atoms with Crippen molar-refractivity contribution in [3.63, 3.8) is 0 Å². The first-order chi connectivity index (χ1) is 18.5. The fraction of sp³-hybridized carbons (Fsp3) is 0.500. The summed E-state index contributed by atoms with van der Waals surface area (Å²) in [4.78, 5) is 31.7. The van der Waals surface area contributed by atoms with Crippen LogP contribution in [0.15, 0.2) is 36.4 Å². The van der Waals surface area contributed by atoms with E-state index in [9.17, 15) is 15.0 Å². The molecule has 2 heterocycles. The number of carbonyl (C=O) groups excluding carboxylic acids is 2. The van der Waals surface area contributed by atoms with Gasteiger partial charge in [-0.25, -0.2) is 0 Å². The lowest BCUT2D eigenvalue weighted by Crippen LogP contribution is -2.72. The Bertz CT molecular complexity index is 1120. The summed E-state index contributed by atoms with van der Waals surface area (Å²) in [5.41, 5.74) is 3.62. The van der Waals surface area contributed by atoms with Crippen LogP contribution >= 0.6 is 11.9 Å². The third kappa shape index (κ3) is 7.12. The van der Waals surface area contributed by atoms with Crippen molar-refractivity contribution in [1.29, 1.82) is 5.41 Å². The number of piperidine rings is 1. The van der Waals surface area contributed by atoms with E-state index in [1.54, 1.807) is 7.11 Å². The van der Waals surface area contributed by atoms with Crippen LogP contribution < -0.4 is 14.9 Å². The lowest BCUT2D eigenvalue weighted by Gasteiger charge is -2.36. The normalized spacial score (nSPS) is 16.1. The van der Waals surface area contributed by atoms with Crippen molar-refractivity contribution >= 4 is 46.7 Å². The van der Waals surface area contributed by atoms with Gasteiger partial charge in [-0.1, -0.05) is 24.6 Å². The monoisotopic (exact) mass is 540 g/mol. The Morgan fingerprint density at radius 1 is 1.16 bits per heavy atom. The number of hydrogen-bond donors (Lipinski definition) is 3. The van der Waals surface area contributed by atoms with Crippen LogP contribution in [0, 0.1) is 17.2 Å². The van der Waals surface area contributed by atoms with Crippen molar-refractivity contribution in [3.8, 4) is 0 Å². The summed E-state index contributed by atoms with van der Waals surface area (Å²) in [6.45, 7) is 2.42. The predicted molar refractivity (Wildman–Crippen MR) is 149 cm³/mol. The Hall–Kier alpha value is -2.95. The molecule has 9 nitrogen and oxygen atoms in total. The molecule has 1 saturated heterocycles. The third-order valence-corrected chi connectivity index (χ3v) is 8.04. The number of para-hydroxylation sites is 1. The highest BCUT2D eigenvalue weighted by atomic mass is 32.2. The summed E-state index contributed by atoms with van der Waals surface area (Å²) in [6.07, 6.45) is 5.36. The molecule has 1 saturated carbocycles. The summed E-state index contributed by atoms with van der Waals surface area (Å²) in [7, 11) is 3.09. The van der Waals surface area contributed by atoms with Crippen molar-refractivity contribution < 1.29 is 24.4 Å². The van der Waals surface area contributed by atoms with E-state index in [4.69, 9.17) is 9.72 Å². The fourth-order valence-electron chi connectivity index (χ4n) is 4.89. The van der Waals surface area contributed by atoms with Crippen molar-refractivity contribution in [1.82, 2.24) is 9.71 Å². The standard InChI is InChI=1S/C28H37N5O4S/c1-36-18-19-11-14-33(15-12-19)23-17-22(28(35)32-38-16-13-24(34)37-2)31-27(30-21-9-4-3-5-10-21)25(23)26(29)20-7-6-8-20/h3-5,9-10,17,19-20,29H,6-8,11-16,18H2,1-2H3,(H,30,31)(H,32,35)/p+1. The maximum Gasteiger partial charge on any atom is 0.306 e. The molecule has 0 bridgehead atoms. The van der Waals surface area contributed by atoms with Gasteiger partial charge < -0.3 is 19.8 Å². The second-order valence-corrected chi connectivity index (χ2v) is 10.8. The van der Waals surface area contributed by atoms with E-state index in [2.05, 4.69) is 14.4 Å². The molecule has 0 radical (unpaired) electrons. The van der Waals surface area contributed by atoms with Gasteiger partial charge in [0.2, 0.25) is 5.82 Å². The van der Waals surface area contributed by atoms with Crippen molar-refractivity contribution in [2.24, 2.45) is 11.8 Å². The summed E-state index contributed by atoms with van der Waals surface area (Å²) in [5.74, 6) is 1.15. The zero-order valence-electron chi connectivity index (χ0n) is 22.2. The summed E-state index contributed by atoms with van der Waals surface area (Å²) in [5, 5.41) is 11.2. The number of nitrogens with one attached hydrogen (secondary N) is 2. The largest absolute Gasteiger partial charge is 0.469 e. The van der Waals surface area contributed by atoms with Crippen LogP contribution in [-0.4, -0.2) is 62.2 Å². The van der Waals surface area contributed by atoms with Crippen molar-refractivity contribution in [3.05, 3.63) is 47.7 Å². The second-order valence-electron chi connectivity index (χ2n) is 9.87. The molecule has 1 aliphatic carbocycles. The lowest BCUT2D eigenvalue weighted by molar-refractivity contribution is -0.483. The first-order valence-electron chi connectivity index (χ1n) is 13.3. The number of quaternary nitrogens is 1. The Kier molecular flexibility index (Phi) is 10.1. The van der Waals surface area contributed by atoms with E-state index >= 15 is 0 Å². The molecule has 0 unspecified atom stereocenters. The molecule has 1 aromatic heterocycles. The highest BCUT2D eigenvalue weighted by Gasteiger charge is 2.33. The Morgan fingerprint density at radius 2 is 1.89 bits per heavy atom. The van der Waals surface area contributed by atoms with Gasteiger partial charge in [0.05, 0.1) is 24.9 Å². The number of ether oxygens (including phenoxy) is 2. The van der Waals surface area contributed by atoms with Crippen molar-refractivity contribution in [2.75, 3.05) is 44.6 Å². The van der Waals surface area contributed by atoms with E-state index in [1.807, 2.05) is 41.7 Å². The molecule has 1 aromatic carbocycles. The van der Waals surface area contributed by atoms with E-state index in [0.29, 0.717) is 28.9 Å². The number of benzene rings is 1. The first-order valence-corrected chi connectivity index (χ1v) is 14.2. The molecule has 204 valence electrons. The molecule has 38 heavy (non-hydrogen) atoms. The molecule has 0 spiro atoms. The van der Waals surface area contributed by atoms with Gasteiger partial charge in [0.1, 0.15) is 16.9 Å². The predicted octanol–water partition coefficient (Wildman–Crippen LogP) is 3.58. The average Bonchev–Trinajstić information content (AvgIpc) is 2.90.